The Hall–Kier alpha value is -0.810. The third-order valence-corrected chi connectivity index (χ3v) is 3.13. The number of aliphatic hydroxyl groups excluding tert-OH is 1. The van der Waals surface area contributed by atoms with Gasteiger partial charge in [-0.25, -0.2) is 0 Å². The quantitative estimate of drug-likeness (QED) is 0.265. The zero-order valence-electron chi connectivity index (χ0n) is 9.43. The molecule has 0 radical (unpaired) electrons. The summed E-state index contributed by atoms with van der Waals surface area (Å²) in [5, 5.41) is 20.9. The molecular formula is C10H21N3O2. The zero-order valence-corrected chi connectivity index (χ0v) is 9.43. The van der Waals surface area contributed by atoms with Crippen molar-refractivity contribution in [1.82, 2.24) is 4.90 Å². The Morgan fingerprint density at radius 3 is 2.60 bits per heavy atom. The fraction of sp³-hybridized carbons (Fsp3) is 0.900. The molecule has 1 saturated carbocycles. The van der Waals surface area contributed by atoms with E-state index < -0.39 is 0 Å². The van der Waals surface area contributed by atoms with Crippen LogP contribution in [-0.4, -0.2) is 46.8 Å². The predicted molar refractivity (Wildman–Crippen MR) is 58.8 cm³/mol. The number of likely N-dealkylation sites (N-methyl/N-ethyl adjacent to an activating group) is 1. The molecule has 0 bridgehead atoms. The van der Waals surface area contributed by atoms with Gasteiger partial charge in [0.1, 0.15) is 0 Å². The van der Waals surface area contributed by atoms with Crippen LogP contribution in [0.4, 0.5) is 0 Å². The summed E-state index contributed by atoms with van der Waals surface area (Å²) in [4.78, 5) is 2.09. The lowest BCUT2D eigenvalue weighted by Gasteiger charge is -2.36. The zero-order chi connectivity index (χ0) is 11.4. The Bertz CT molecular complexity index is 227. The average molecular weight is 215 g/mol. The minimum atomic E-state index is -0.118. The van der Waals surface area contributed by atoms with Crippen molar-refractivity contribution in [3.05, 3.63) is 0 Å². The summed E-state index contributed by atoms with van der Waals surface area (Å²) in [7, 11) is 1.97. The van der Waals surface area contributed by atoms with Crippen LogP contribution in [0.5, 0.6) is 0 Å². The first-order valence-electron chi connectivity index (χ1n) is 5.44. The normalized spacial score (nSPS) is 28.9. The van der Waals surface area contributed by atoms with Crippen molar-refractivity contribution in [2.24, 2.45) is 16.8 Å². The minimum absolute atomic E-state index is 0.00672. The highest BCUT2D eigenvalue weighted by Gasteiger charge is 2.30. The molecule has 0 aliphatic heterocycles. The molecule has 0 heterocycles. The van der Waals surface area contributed by atoms with E-state index in [2.05, 4.69) is 10.1 Å². The van der Waals surface area contributed by atoms with Crippen LogP contribution in [0.2, 0.25) is 0 Å². The Labute approximate surface area is 90.6 Å². The summed E-state index contributed by atoms with van der Waals surface area (Å²) >= 11 is 0. The van der Waals surface area contributed by atoms with E-state index in [1.807, 2.05) is 14.0 Å². The largest absolute Gasteiger partial charge is 0.409 e. The molecular weight excluding hydrogens is 194 g/mol. The van der Waals surface area contributed by atoms with Gasteiger partial charge in [0.25, 0.3) is 0 Å². The maximum Gasteiger partial charge on any atom is 0.156 e. The number of aliphatic hydroxyl groups is 1. The topological polar surface area (TPSA) is 82.1 Å². The van der Waals surface area contributed by atoms with Gasteiger partial charge in [0.05, 0.1) is 12.1 Å². The second-order valence-electron chi connectivity index (χ2n) is 4.38. The highest BCUT2D eigenvalue weighted by Crippen LogP contribution is 2.28. The number of oxime groups is 1. The first-order chi connectivity index (χ1) is 7.08. The lowest BCUT2D eigenvalue weighted by molar-refractivity contribution is 0.0255. The molecule has 1 rings (SSSR count). The van der Waals surface area contributed by atoms with Crippen molar-refractivity contribution in [1.29, 1.82) is 0 Å². The molecule has 0 spiro atoms. The predicted octanol–water partition coefficient (Wildman–Crippen LogP) is 0.214. The molecule has 5 heteroatoms. The van der Waals surface area contributed by atoms with Crippen LogP contribution in [0.15, 0.2) is 5.16 Å². The summed E-state index contributed by atoms with van der Waals surface area (Å²) < 4.78 is 0. The van der Waals surface area contributed by atoms with Crippen LogP contribution in [-0.2, 0) is 0 Å². The number of rotatable bonds is 5. The number of amidine groups is 1. The van der Waals surface area contributed by atoms with E-state index in [1.165, 1.54) is 0 Å². The molecule has 0 amide bonds. The van der Waals surface area contributed by atoms with E-state index in [0.29, 0.717) is 5.92 Å². The lowest BCUT2D eigenvalue weighted by atomic mass is 9.82. The number of nitrogens with two attached hydrogens (primary N) is 1. The Morgan fingerprint density at radius 2 is 2.20 bits per heavy atom. The van der Waals surface area contributed by atoms with Crippen molar-refractivity contribution >= 4 is 5.84 Å². The molecule has 0 aromatic heterocycles. The standard InChI is InChI=1S/C10H21N3O2/c1-3-9(10(11)12-15)13(2)6-7-4-8(14)5-7/h7-9,14-15H,3-6H2,1-2H3,(H2,11,12). The summed E-state index contributed by atoms with van der Waals surface area (Å²) in [5.74, 6) is 0.811. The molecule has 1 aliphatic rings. The molecule has 1 fully saturated rings. The van der Waals surface area contributed by atoms with Crippen molar-refractivity contribution in [2.45, 2.75) is 38.3 Å². The average Bonchev–Trinajstić information content (AvgIpc) is 2.16. The van der Waals surface area contributed by atoms with Gasteiger partial charge in [0.2, 0.25) is 0 Å². The van der Waals surface area contributed by atoms with E-state index in [9.17, 15) is 5.11 Å². The van der Waals surface area contributed by atoms with Crippen LogP contribution in [0.1, 0.15) is 26.2 Å². The Morgan fingerprint density at radius 1 is 1.60 bits per heavy atom. The summed E-state index contributed by atoms with van der Waals surface area (Å²) in [6.07, 6.45) is 2.45. The fourth-order valence-electron chi connectivity index (χ4n) is 2.20. The molecule has 1 unspecified atom stereocenters. The molecule has 1 atom stereocenters. The van der Waals surface area contributed by atoms with Gasteiger partial charge >= 0.3 is 0 Å². The van der Waals surface area contributed by atoms with Crippen LogP contribution in [0, 0.1) is 5.92 Å². The van der Waals surface area contributed by atoms with Gasteiger partial charge in [-0.2, -0.15) is 0 Å². The number of hydrogen-bond donors (Lipinski definition) is 3. The molecule has 15 heavy (non-hydrogen) atoms. The summed E-state index contributed by atoms with van der Waals surface area (Å²) in [6, 6.07) is -0.00672. The van der Waals surface area contributed by atoms with Gasteiger partial charge in [-0.05, 0) is 32.2 Å². The van der Waals surface area contributed by atoms with E-state index >= 15 is 0 Å². The van der Waals surface area contributed by atoms with Gasteiger partial charge < -0.3 is 16.0 Å². The maximum atomic E-state index is 9.18. The van der Waals surface area contributed by atoms with E-state index in [4.69, 9.17) is 10.9 Å². The van der Waals surface area contributed by atoms with Crippen molar-refractivity contribution < 1.29 is 10.3 Å². The van der Waals surface area contributed by atoms with Crippen molar-refractivity contribution in [2.75, 3.05) is 13.6 Å². The van der Waals surface area contributed by atoms with Crippen LogP contribution < -0.4 is 5.73 Å². The molecule has 0 aromatic rings. The van der Waals surface area contributed by atoms with E-state index in [-0.39, 0.29) is 18.0 Å². The van der Waals surface area contributed by atoms with Gasteiger partial charge in [-0.3, -0.25) is 4.90 Å². The molecule has 88 valence electrons. The summed E-state index contributed by atoms with van der Waals surface area (Å²) in [6.45, 7) is 2.90. The van der Waals surface area contributed by atoms with Gasteiger partial charge in [-0.1, -0.05) is 12.1 Å². The van der Waals surface area contributed by atoms with Gasteiger partial charge in [-0.15, -0.1) is 0 Å². The van der Waals surface area contributed by atoms with Crippen LogP contribution in [0.25, 0.3) is 0 Å². The van der Waals surface area contributed by atoms with Crippen LogP contribution in [0.3, 0.4) is 0 Å². The first kappa shape index (κ1) is 12.3. The third-order valence-electron chi connectivity index (χ3n) is 3.13. The molecule has 1 aliphatic carbocycles. The molecule has 4 N–H and O–H groups in total. The van der Waals surface area contributed by atoms with E-state index in [1.54, 1.807) is 0 Å². The van der Waals surface area contributed by atoms with Crippen LogP contribution >= 0.6 is 0 Å². The highest BCUT2D eigenvalue weighted by molar-refractivity contribution is 5.85. The molecule has 0 saturated heterocycles. The third kappa shape index (κ3) is 3.07. The smallest absolute Gasteiger partial charge is 0.156 e. The maximum absolute atomic E-state index is 9.18. The second kappa shape index (κ2) is 5.32. The molecule has 0 aromatic carbocycles. The first-order valence-corrected chi connectivity index (χ1v) is 5.44. The monoisotopic (exact) mass is 215 g/mol. The Balaban J connectivity index is 2.40. The van der Waals surface area contributed by atoms with Gasteiger partial charge in [0.15, 0.2) is 5.84 Å². The van der Waals surface area contributed by atoms with Gasteiger partial charge in [0, 0.05) is 6.54 Å². The second-order valence-corrected chi connectivity index (χ2v) is 4.38. The highest BCUT2D eigenvalue weighted by atomic mass is 16.4. The van der Waals surface area contributed by atoms with E-state index in [0.717, 1.165) is 25.8 Å². The van der Waals surface area contributed by atoms with Crippen molar-refractivity contribution in [3.63, 3.8) is 0 Å². The minimum Gasteiger partial charge on any atom is -0.409 e. The summed E-state index contributed by atoms with van der Waals surface area (Å²) in [5.41, 5.74) is 5.60. The molecule has 5 nitrogen and oxygen atoms in total. The number of nitrogens with zero attached hydrogens (tertiary/aromatic N) is 2. The number of hydrogen-bond acceptors (Lipinski definition) is 4. The van der Waals surface area contributed by atoms with Crippen molar-refractivity contribution in [3.8, 4) is 0 Å². The lowest BCUT2D eigenvalue weighted by Crippen LogP contribution is -2.46. The SMILES string of the molecule is CCC(C(N)=NO)N(C)CC1CC(O)C1. The fourth-order valence-corrected chi connectivity index (χ4v) is 2.20. The Kier molecular flexibility index (Phi) is 4.35.